The molecule has 134 valence electrons. The molecular weight excluding hydrogens is 328 g/mol. The van der Waals surface area contributed by atoms with Crippen LogP contribution in [-0.2, 0) is 10.0 Å². The van der Waals surface area contributed by atoms with Crippen LogP contribution in [0.15, 0.2) is 23.1 Å². The van der Waals surface area contributed by atoms with Crippen LogP contribution in [-0.4, -0.2) is 31.6 Å². The van der Waals surface area contributed by atoms with Crippen molar-refractivity contribution in [3.63, 3.8) is 0 Å². The van der Waals surface area contributed by atoms with Crippen molar-refractivity contribution in [1.29, 1.82) is 0 Å². The Labute approximate surface area is 143 Å². The summed E-state index contributed by atoms with van der Waals surface area (Å²) in [6.07, 6.45) is 5.84. The molecule has 0 spiro atoms. The highest BCUT2D eigenvalue weighted by Crippen LogP contribution is 2.28. The largest absolute Gasteiger partial charge is 0.478 e. The van der Waals surface area contributed by atoms with Gasteiger partial charge in [0.25, 0.3) is 0 Å². The van der Waals surface area contributed by atoms with Crippen LogP contribution in [0, 0.1) is 0 Å². The fourth-order valence-corrected chi connectivity index (χ4v) is 4.58. The molecule has 24 heavy (non-hydrogen) atoms. The summed E-state index contributed by atoms with van der Waals surface area (Å²) in [7, 11) is -3.79. The highest BCUT2D eigenvalue weighted by molar-refractivity contribution is 7.89. The number of rotatable bonds is 8. The van der Waals surface area contributed by atoms with Gasteiger partial charge >= 0.3 is 5.97 Å². The second-order valence-electron chi connectivity index (χ2n) is 6.45. The summed E-state index contributed by atoms with van der Waals surface area (Å²) in [5.41, 5.74) is 0.443. The Morgan fingerprint density at radius 3 is 2.58 bits per heavy atom. The molecule has 7 heteroatoms. The first-order chi connectivity index (χ1) is 11.3. The van der Waals surface area contributed by atoms with Crippen LogP contribution in [0.5, 0.6) is 0 Å². The molecule has 1 aliphatic rings. The van der Waals surface area contributed by atoms with Crippen LogP contribution in [0.3, 0.4) is 0 Å². The van der Waals surface area contributed by atoms with E-state index >= 15 is 0 Å². The number of anilines is 1. The Bertz CT molecular complexity index is 682. The molecular formula is C17H26N2O4S. The van der Waals surface area contributed by atoms with Gasteiger partial charge in [-0.25, -0.2) is 17.9 Å². The van der Waals surface area contributed by atoms with E-state index in [2.05, 4.69) is 10.0 Å². The SMILES string of the molecule is CCC[C@H](C)NS(=O)(=O)c1cc(C(=O)O)ccc1NC1CCCC1. The van der Waals surface area contributed by atoms with E-state index < -0.39 is 16.0 Å². The lowest BCUT2D eigenvalue weighted by Crippen LogP contribution is -2.33. The van der Waals surface area contributed by atoms with Gasteiger partial charge in [-0.15, -0.1) is 0 Å². The Balaban J connectivity index is 2.35. The summed E-state index contributed by atoms with van der Waals surface area (Å²) in [5, 5.41) is 12.5. The number of carboxylic acid groups (broad SMARTS) is 1. The Kier molecular flexibility index (Phi) is 6.23. The molecule has 1 saturated carbocycles. The van der Waals surface area contributed by atoms with Crippen molar-refractivity contribution < 1.29 is 18.3 Å². The molecule has 1 aromatic rings. The molecule has 0 unspecified atom stereocenters. The molecule has 0 amide bonds. The minimum atomic E-state index is -3.79. The summed E-state index contributed by atoms with van der Waals surface area (Å²) >= 11 is 0. The van der Waals surface area contributed by atoms with Gasteiger partial charge in [0.15, 0.2) is 0 Å². The predicted octanol–water partition coefficient (Wildman–Crippen LogP) is 3.21. The van der Waals surface area contributed by atoms with Crippen molar-refractivity contribution in [2.45, 2.75) is 69.4 Å². The predicted molar refractivity (Wildman–Crippen MR) is 94.0 cm³/mol. The van der Waals surface area contributed by atoms with Gasteiger partial charge in [-0.2, -0.15) is 0 Å². The first-order valence-corrected chi connectivity index (χ1v) is 9.98. The average molecular weight is 354 g/mol. The van der Waals surface area contributed by atoms with Gasteiger partial charge in [0.2, 0.25) is 10.0 Å². The highest BCUT2D eigenvalue weighted by Gasteiger charge is 2.24. The lowest BCUT2D eigenvalue weighted by atomic mass is 10.2. The Morgan fingerprint density at radius 2 is 2.00 bits per heavy atom. The fraction of sp³-hybridized carbons (Fsp3) is 0.588. The average Bonchev–Trinajstić information content (AvgIpc) is 3.00. The van der Waals surface area contributed by atoms with Crippen LogP contribution in [0.1, 0.15) is 62.7 Å². The third kappa shape index (κ3) is 4.70. The van der Waals surface area contributed by atoms with E-state index in [4.69, 9.17) is 0 Å². The first-order valence-electron chi connectivity index (χ1n) is 8.49. The molecule has 0 radical (unpaired) electrons. The first kappa shape index (κ1) is 18.7. The maximum atomic E-state index is 12.7. The van der Waals surface area contributed by atoms with Crippen molar-refractivity contribution in [3.8, 4) is 0 Å². The van der Waals surface area contributed by atoms with Gasteiger partial charge in [0, 0.05) is 12.1 Å². The van der Waals surface area contributed by atoms with Gasteiger partial charge in [-0.05, 0) is 44.4 Å². The zero-order valence-corrected chi connectivity index (χ0v) is 15.0. The molecule has 1 fully saturated rings. The van der Waals surface area contributed by atoms with Crippen molar-refractivity contribution in [2.75, 3.05) is 5.32 Å². The van der Waals surface area contributed by atoms with Crippen LogP contribution in [0.4, 0.5) is 5.69 Å². The molecule has 0 aromatic heterocycles. The van der Waals surface area contributed by atoms with E-state index in [0.29, 0.717) is 5.69 Å². The van der Waals surface area contributed by atoms with Crippen LogP contribution < -0.4 is 10.0 Å². The molecule has 6 nitrogen and oxygen atoms in total. The molecule has 0 bridgehead atoms. The van der Waals surface area contributed by atoms with E-state index in [1.165, 1.54) is 12.1 Å². The van der Waals surface area contributed by atoms with Gasteiger partial charge in [0.05, 0.1) is 11.3 Å². The zero-order valence-electron chi connectivity index (χ0n) is 14.2. The molecule has 1 aliphatic carbocycles. The lowest BCUT2D eigenvalue weighted by Gasteiger charge is -2.19. The van der Waals surface area contributed by atoms with E-state index in [1.54, 1.807) is 6.07 Å². The van der Waals surface area contributed by atoms with Crippen LogP contribution in [0.2, 0.25) is 0 Å². The van der Waals surface area contributed by atoms with E-state index in [0.717, 1.165) is 38.5 Å². The van der Waals surface area contributed by atoms with Crippen LogP contribution in [0.25, 0.3) is 0 Å². The number of hydrogen-bond acceptors (Lipinski definition) is 4. The van der Waals surface area contributed by atoms with E-state index in [-0.39, 0.29) is 22.5 Å². The van der Waals surface area contributed by atoms with Gasteiger partial charge in [0.1, 0.15) is 4.90 Å². The minimum absolute atomic E-state index is 0.0113. The quantitative estimate of drug-likeness (QED) is 0.666. The summed E-state index contributed by atoms with van der Waals surface area (Å²) in [6, 6.07) is 4.27. The number of carboxylic acids is 1. The van der Waals surface area contributed by atoms with Crippen molar-refractivity contribution in [2.24, 2.45) is 0 Å². The number of nitrogens with one attached hydrogen (secondary N) is 2. The maximum Gasteiger partial charge on any atom is 0.335 e. The van der Waals surface area contributed by atoms with E-state index in [9.17, 15) is 18.3 Å². The summed E-state index contributed by atoms with van der Waals surface area (Å²) in [4.78, 5) is 11.2. The summed E-state index contributed by atoms with van der Waals surface area (Å²) < 4.78 is 28.1. The number of sulfonamides is 1. The number of benzene rings is 1. The van der Waals surface area contributed by atoms with Gasteiger partial charge in [-0.1, -0.05) is 26.2 Å². The molecule has 1 aromatic carbocycles. The van der Waals surface area contributed by atoms with Crippen molar-refractivity contribution >= 4 is 21.7 Å². The smallest absolute Gasteiger partial charge is 0.335 e. The lowest BCUT2D eigenvalue weighted by molar-refractivity contribution is 0.0696. The second kappa shape index (κ2) is 7.98. The molecule has 0 aliphatic heterocycles. The van der Waals surface area contributed by atoms with Crippen molar-refractivity contribution in [3.05, 3.63) is 23.8 Å². The van der Waals surface area contributed by atoms with Crippen molar-refractivity contribution in [1.82, 2.24) is 4.72 Å². The minimum Gasteiger partial charge on any atom is -0.478 e. The third-order valence-corrected chi connectivity index (χ3v) is 5.94. The molecule has 0 saturated heterocycles. The zero-order chi connectivity index (χ0) is 17.7. The molecule has 1 atom stereocenters. The Morgan fingerprint density at radius 1 is 1.33 bits per heavy atom. The molecule has 2 rings (SSSR count). The number of aromatic carboxylic acids is 1. The third-order valence-electron chi connectivity index (χ3n) is 4.31. The molecule has 0 heterocycles. The van der Waals surface area contributed by atoms with Gasteiger partial charge < -0.3 is 10.4 Å². The monoisotopic (exact) mass is 354 g/mol. The topological polar surface area (TPSA) is 95.5 Å². The fourth-order valence-electron chi connectivity index (χ4n) is 3.11. The Hall–Kier alpha value is -1.60. The normalized spacial score (nSPS) is 16.9. The van der Waals surface area contributed by atoms with E-state index in [1.807, 2.05) is 13.8 Å². The summed E-state index contributed by atoms with van der Waals surface area (Å²) in [5.74, 6) is -1.14. The number of carbonyl (C=O) groups is 1. The second-order valence-corrected chi connectivity index (χ2v) is 8.14. The number of hydrogen-bond donors (Lipinski definition) is 3. The maximum absolute atomic E-state index is 12.7. The van der Waals surface area contributed by atoms with Gasteiger partial charge in [-0.3, -0.25) is 0 Å². The standard InChI is InChI=1S/C17H26N2O4S/c1-3-6-12(2)19-24(22,23)16-11-13(17(20)21)9-10-15(16)18-14-7-4-5-8-14/h9-12,14,18-19H,3-8H2,1-2H3,(H,20,21)/t12-/m0/s1. The van der Waals surface area contributed by atoms with Crippen LogP contribution >= 0.6 is 0 Å². The highest BCUT2D eigenvalue weighted by atomic mass is 32.2. The summed E-state index contributed by atoms with van der Waals surface area (Å²) in [6.45, 7) is 3.80. The molecule has 3 N–H and O–H groups in total.